The molecule has 0 aliphatic carbocycles. The molecule has 1 aromatic rings. The molecule has 0 unspecified atom stereocenters. The van der Waals surface area contributed by atoms with Gasteiger partial charge in [0.15, 0.2) is 5.96 Å². The van der Waals surface area contributed by atoms with Gasteiger partial charge >= 0.3 is 0 Å². The van der Waals surface area contributed by atoms with E-state index in [0.717, 1.165) is 0 Å². The van der Waals surface area contributed by atoms with Crippen LogP contribution in [0.2, 0.25) is 0 Å². The maximum atomic E-state index is 12.3. The number of sulfonamides is 1. The Labute approximate surface area is 167 Å². The molecule has 1 saturated heterocycles. The highest BCUT2D eigenvalue weighted by molar-refractivity contribution is 14.0. The van der Waals surface area contributed by atoms with Gasteiger partial charge in [-0.05, 0) is 5.56 Å². The molecule has 0 amide bonds. The van der Waals surface area contributed by atoms with Crippen LogP contribution in [-0.2, 0) is 21.3 Å². The van der Waals surface area contributed by atoms with Crippen LogP contribution in [0.4, 0.5) is 0 Å². The Balaban J connectivity index is 0.00000312. The molecule has 1 aliphatic heterocycles. The molecule has 7 nitrogen and oxygen atoms in total. The van der Waals surface area contributed by atoms with Gasteiger partial charge in [-0.3, -0.25) is 4.99 Å². The molecular weight excluding hydrogens is 455 g/mol. The van der Waals surface area contributed by atoms with Crippen molar-refractivity contribution in [1.82, 2.24) is 14.5 Å². The second kappa shape index (κ2) is 10.9. The zero-order chi connectivity index (χ0) is 17.4. The van der Waals surface area contributed by atoms with Gasteiger partial charge in [-0.1, -0.05) is 30.3 Å². The van der Waals surface area contributed by atoms with E-state index in [2.05, 4.69) is 10.3 Å². The van der Waals surface area contributed by atoms with Crippen molar-refractivity contribution in [3.8, 4) is 0 Å². The Morgan fingerprint density at radius 1 is 1.28 bits per heavy atom. The molecule has 1 fully saturated rings. The minimum absolute atomic E-state index is 0. The zero-order valence-corrected chi connectivity index (χ0v) is 17.9. The van der Waals surface area contributed by atoms with E-state index in [0.29, 0.717) is 45.4 Å². The number of benzene rings is 1. The lowest BCUT2D eigenvalue weighted by molar-refractivity contribution is 0.0730. The van der Waals surface area contributed by atoms with Crippen LogP contribution in [0.3, 0.4) is 0 Å². The van der Waals surface area contributed by atoms with Gasteiger partial charge < -0.3 is 15.0 Å². The molecule has 1 aliphatic rings. The van der Waals surface area contributed by atoms with Crippen molar-refractivity contribution >= 4 is 40.0 Å². The molecule has 2 rings (SSSR count). The molecule has 0 saturated carbocycles. The van der Waals surface area contributed by atoms with Crippen LogP contribution in [0, 0.1) is 0 Å². The standard InChI is InChI=1S/C16H26N4O3S.HI/c1-17-16(19(2)14-15-6-4-3-5-7-15)18-8-13-24(21,22)20-9-11-23-12-10-20;/h3-7H,8-14H2,1-2H3,(H,17,18);1H. The Morgan fingerprint density at radius 3 is 2.52 bits per heavy atom. The van der Waals surface area contributed by atoms with Gasteiger partial charge in [-0.25, -0.2) is 8.42 Å². The first-order valence-electron chi connectivity index (χ1n) is 8.04. The van der Waals surface area contributed by atoms with E-state index in [1.54, 1.807) is 7.05 Å². The van der Waals surface area contributed by atoms with Gasteiger partial charge in [-0.15, -0.1) is 24.0 Å². The maximum Gasteiger partial charge on any atom is 0.215 e. The third-order valence-corrected chi connectivity index (χ3v) is 5.71. The lowest BCUT2D eigenvalue weighted by atomic mass is 10.2. The summed E-state index contributed by atoms with van der Waals surface area (Å²) in [4.78, 5) is 6.19. The Kier molecular flexibility index (Phi) is 9.69. The molecule has 25 heavy (non-hydrogen) atoms. The van der Waals surface area contributed by atoms with Crippen LogP contribution >= 0.6 is 24.0 Å². The van der Waals surface area contributed by atoms with Crippen molar-refractivity contribution in [2.24, 2.45) is 4.99 Å². The van der Waals surface area contributed by atoms with Crippen molar-refractivity contribution in [3.63, 3.8) is 0 Å². The molecule has 0 atom stereocenters. The zero-order valence-electron chi connectivity index (χ0n) is 14.7. The van der Waals surface area contributed by atoms with E-state index in [9.17, 15) is 8.42 Å². The summed E-state index contributed by atoms with van der Waals surface area (Å²) in [6.45, 7) is 2.83. The fourth-order valence-corrected chi connectivity index (χ4v) is 3.89. The minimum Gasteiger partial charge on any atom is -0.379 e. The molecule has 1 heterocycles. The summed E-state index contributed by atoms with van der Waals surface area (Å²) in [5.74, 6) is 0.724. The molecule has 142 valence electrons. The second-order valence-electron chi connectivity index (χ2n) is 5.64. The average Bonchev–Trinajstić information content (AvgIpc) is 2.60. The normalized spacial score (nSPS) is 16.2. The summed E-state index contributed by atoms with van der Waals surface area (Å²) in [5.41, 5.74) is 1.17. The van der Waals surface area contributed by atoms with Gasteiger partial charge in [0.2, 0.25) is 10.0 Å². The summed E-state index contributed by atoms with van der Waals surface area (Å²) >= 11 is 0. The molecule has 0 radical (unpaired) electrons. The topological polar surface area (TPSA) is 74.2 Å². The van der Waals surface area contributed by atoms with Crippen molar-refractivity contribution in [1.29, 1.82) is 0 Å². The molecule has 0 spiro atoms. The van der Waals surface area contributed by atoms with Gasteiger partial charge in [0, 0.05) is 40.3 Å². The number of hydrogen-bond acceptors (Lipinski definition) is 4. The van der Waals surface area contributed by atoms with E-state index >= 15 is 0 Å². The summed E-state index contributed by atoms with van der Waals surface area (Å²) < 4.78 is 31.3. The highest BCUT2D eigenvalue weighted by Crippen LogP contribution is 2.05. The van der Waals surface area contributed by atoms with Gasteiger partial charge in [0.05, 0.1) is 19.0 Å². The summed E-state index contributed by atoms with van der Waals surface area (Å²) in [6, 6.07) is 10.1. The predicted molar refractivity (Wildman–Crippen MR) is 111 cm³/mol. The van der Waals surface area contributed by atoms with Crippen LogP contribution in [0.25, 0.3) is 0 Å². The largest absolute Gasteiger partial charge is 0.379 e. The van der Waals surface area contributed by atoms with E-state index in [1.165, 1.54) is 9.87 Å². The number of hydrogen-bond donors (Lipinski definition) is 1. The number of nitrogens with one attached hydrogen (secondary N) is 1. The van der Waals surface area contributed by atoms with E-state index in [1.807, 2.05) is 42.3 Å². The number of ether oxygens (including phenoxy) is 1. The monoisotopic (exact) mass is 482 g/mol. The van der Waals surface area contributed by atoms with Gasteiger partial charge in [0.1, 0.15) is 0 Å². The Morgan fingerprint density at radius 2 is 1.92 bits per heavy atom. The lowest BCUT2D eigenvalue weighted by Crippen LogP contribution is -2.45. The van der Waals surface area contributed by atoms with Crippen LogP contribution in [0.5, 0.6) is 0 Å². The summed E-state index contributed by atoms with van der Waals surface area (Å²) in [5, 5.41) is 3.12. The SMILES string of the molecule is CN=C(NCCS(=O)(=O)N1CCOCC1)N(C)Cc1ccccc1.I. The van der Waals surface area contributed by atoms with Crippen LogP contribution in [0.1, 0.15) is 5.56 Å². The summed E-state index contributed by atoms with van der Waals surface area (Å²) in [7, 11) is 0.370. The second-order valence-corrected chi connectivity index (χ2v) is 7.73. The summed E-state index contributed by atoms with van der Waals surface area (Å²) in [6.07, 6.45) is 0. The maximum absolute atomic E-state index is 12.3. The van der Waals surface area contributed by atoms with Gasteiger partial charge in [0.25, 0.3) is 0 Å². The fourth-order valence-electron chi connectivity index (χ4n) is 2.56. The van der Waals surface area contributed by atoms with Crippen LogP contribution in [-0.4, -0.2) is 76.3 Å². The first-order chi connectivity index (χ1) is 11.5. The van der Waals surface area contributed by atoms with Crippen LogP contribution < -0.4 is 5.32 Å². The highest BCUT2D eigenvalue weighted by atomic mass is 127. The molecule has 9 heteroatoms. The number of aliphatic imine (C=N–C) groups is 1. The van der Waals surface area contributed by atoms with E-state index in [-0.39, 0.29) is 29.7 Å². The Hall–Kier alpha value is -0.910. The Bertz CT molecular complexity index is 634. The van der Waals surface area contributed by atoms with Crippen molar-refractivity contribution in [3.05, 3.63) is 35.9 Å². The van der Waals surface area contributed by atoms with Crippen LogP contribution in [0.15, 0.2) is 35.3 Å². The minimum atomic E-state index is -3.25. The molecule has 1 aromatic carbocycles. The van der Waals surface area contributed by atoms with Crippen molar-refractivity contribution in [2.45, 2.75) is 6.54 Å². The molecule has 0 bridgehead atoms. The predicted octanol–water partition coefficient (Wildman–Crippen LogP) is 0.974. The molecule has 0 aromatic heterocycles. The third-order valence-electron chi connectivity index (χ3n) is 3.84. The number of morpholine rings is 1. The van der Waals surface area contributed by atoms with E-state index < -0.39 is 10.0 Å². The molecule has 1 N–H and O–H groups in total. The number of nitrogens with zero attached hydrogens (tertiary/aromatic N) is 3. The first-order valence-corrected chi connectivity index (χ1v) is 9.65. The lowest BCUT2D eigenvalue weighted by Gasteiger charge is -2.27. The fraction of sp³-hybridized carbons (Fsp3) is 0.562. The van der Waals surface area contributed by atoms with Gasteiger partial charge in [-0.2, -0.15) is 4.31 Å². The molecular formula is C16H27IN4O3S. The quantitative estimate of drug-likeness (QED) is 0.372. The van der Waals surface area contributed by atoms with Crippen molar-refractivity contribution < 1.29 is 13.2 Å². The average molecular weight is 482 g/mol. The highest BCUT2D eigenvalue weighted by Gasteiger charge is 2.23. The number of guanidine groups is 1. The number of rotatable bonds is 6. The van der Waals surface area contributed by atoms with E-state index in [4.69, 9.17) is 4.74 Å². The third kappa shape index (κ3) is 7.08. The van der Waals surface area contributed by atoms with Crippen molar-refractivity contribution in [2.75, 3.05) is 52.7 Å². The smallest absolute Gasteiger partial charge is 0.215 e. The number of halogens is 1. The first kappa shape index (κ1) is 22.1.